The van der Waals surface area contributed by atoms with Crippen molar-refractivity contribution in [2.45, 2.75) is 19.4 Å². The lowest BCUT2D eigenvalue weighted by molar-refractivity contribution is -0.122. The van der Waals surface area contributed by atoms with E-state index >= 15 is 0 Å². The van der Waals surface area contributed by atoms with Gasteiger partial charge in [0.1, 0.15) is 5.75 Å². The summed E-state index contributed by atoms with van der Waals surface area (Å²) < 4.78 is 5.69. The van der Waals surface area contributed by atoms with Gasteiger partial charge in [0.2, 0.25) is 0 Å². The maximum atomic E-state index is 12.2. The highest BCUT2D eigenvalue weighted by molar-refractivity contribution is 6.32. The molecule has 2 aromatic rings. The highest BCUT2D eigenvalue weighted by atomic mass is 35.5. The molecule has 0 aromatic heterocycles. The van der Waals surface area contributed by atoms with E-state index in [0.29, 0.717) is 22.9 Å². The van der Waals surface area contributed by atoms with Crippen molar-refractivity contribution in [3.8, 4) is 5.75 Å². The highest BCUT2D eigenvalue weighted by Crippen LogP contribution is 2.28. The predicted octanol–water partition coefficient (Wildman–Crippen LogP) is 3.72. The molecule has 0 aliphatic carbocycles. The fraction of sp³-hybridized carbons (Fsp3) is 0.188. The van der Waals surface area contributed by atoms with Gasteiger partial charge in [-0.25, -0.2) is 0 Å². The van der Waals surface area contributed by atoms with Crippen molar-refractivity contribution in [1.29, 1.82) is 0 Å². The number of nitrogens with one attached hydrogen (secondary N) is 1. The number of para-hydroxylation sites is 1. The lowest BCUT2D eigenvalue weighted by atomic mass is 10.2. The van der Waals surface area contributed by atoms with Crippen molar-refractivity contribution in [3.05, 3.63) is 53.6 Å². The van der Waals surface area contributed by atoms with Gasteiger partial charge in [0.15, 0.2) is 6.10 Å². The zero-order valence-corrected chi connectivity index (χ0v) is 12.4. The van der Waals surface area contributed by atoms with Gasteiger partial charge in [-0.15, -0.1) is 0 Å². The van der Waals surface area contributed by atoms with Crippen LogP contribution in [0, 0.1) is 0 Å². The Balaban J connectivity index is 2.09. The fourth-order valence-corrected chi connectivity index (χ4v) is 1.99. The normalized spacial score (nSPS) is 11.7. The number of ether oxygens (including phenoxy) is 1. The molecule has 21 heavy (non-hydrogen) atoms. The zero-order chi connectivity index (χ0) is 15.2. The first-order chi connectivity index (χ1) is 10.1. The Labute approximate surface area is 128 Å². The van der Waals surface area contributed by atoms with Crippen LogP contribution in [0.4, 0.5) is 11.4 Å². The Kier molecular flexibility index (Phi) is 5.06. The van der Waals surface area contributed by atoms with Crippen LogP contribution in [-0.4, -0.2) is 12.0 Å². The molecule has 0 radical (unpaired) electrons. The van der Waals surface area contributed by atoms with Gasteiger partial charge in [0.05, 0.1) is 5.02 Å². The SMILES string of the molecule is CCC(Oc1cc(N)ccc1Cl)C(=O)Nc1ccccc1. The van der Waals surface area contributed by atoms with E-state index in [4.69, 9.17) is 22.1 Å². The summed E-state index contributed by atoms with van der Waals surface area (Å²) >= 11 is 6.05. The molecular weight excluding hydrogens is 288 g/mol. The lowest BCUT2D eigenvalue weighted by Crippen LogP contribution is -2.32. The summed E-state index contributed by atoms with van der Waals surface area (Å²) in [5, 5.41) is 3.24. The van der Waals surface area contributed by atoms with Crippen molar-refractivity contribution in [3.63, 3.8) is 0 Å². The quantitative estimate of drug-likeness (QED) is 0.827. The van der Waals surface area contributed by atoms with Crippen LogP contribution >= 0.6 is 11.6 Å². The molecule has 0 saturated heterocycles. The number of rotatable bonds is 5. The standard InChI is InChI=1S/C16H17ClN2O2/c1-2-14(16(20)19-12-6-4-3-5-7-12)21-15-10-11(18)8-9-13(15)17/h3-10,14H,2,18H2,1H3,(H,19,20). The topological polar surface area (TPSA) is 64.3 Å². The first-order valence-corrected chi connectivity index (χ1v) is 7.05. The van der Waals surface area contributed by atoms with Gasteiger partial charge in [0, 0.05) is 17.4 Å². The summed E-state index contributed by atoms with van der Waals surface area (Å²) in [5.41, 5.74) is 6.97. The second-order valence-corrected chi connectivity index (χ2v) is 4.97. The summed E-state index contributed by atoms with van der Waals surface area (Å²) in [6, 6.07) is 14.2. The summed E-state index contributed by atoms with van der Waals surface area (Å²) in [6.07, 6.45) is -0.117. The number of anilines is 2. The van der Waals surface area contributed by atoms with Gasteiger partial charge in [0.25, 0.3) is 5.91 Å². The van der Waals surface area contributed by atoms with Crippen LogP contribution in [0.2, 0.25) is 5.02 Å². The van der Waals surface area contributed by atoms with Gasteiger partial charge >= 0.3 is 0 Å². The smallest absolute Gasteiger partial charge is 0.265 e. The second-order valence-electron chi connectivity index (χ2n) is 4.56. The fourth-order valence-electron chi connectivity index (χ4n) is 1.83. The van der Waals surface area contributed by atoms with Crippen LogP contribution in [0.5, 0.6) is 5.75 Å². The molecule has 0 spiro atoms. The van der Waals surface area contributed by atoms with E-state index in [-0.39, 0.29) is 5.91 Å². The van der Waals surface area contributed by atoms with E-state index in [0.717, 1.165) is 5.69 Å². The van der Waals surface area contributed by atoms with Gasteiger partial charge in [-0.05, 0) is 30.7 Å². The molecule has 110 valence electrons. The Morgan fingerprint density at radius 3 is 2.67 bits per heavy atom. The molecule has 5 heteroatoms. The largest absolute Gasteiger partial charge is 0.479 e. The molecule has 0 aliphatic rings. The third kappa shape index (κ3) is 4.13. The second kappa shape index (κ2) is 6.99. The molecule has 0 heterocycles. The summed E-state index contributed by atoms with van der Waals surface area (Å²) in [6.45, 7) is 1.87. The minimum atomic E-state index is -0.635. The van der Waals surface area contributed by atoms with Crippen molar-refractivity contribution < 1.29 is 9.53 Å². The Morgan fingerprint density at radius 1 is 1.29 bits per heavy atom. The molecule has 0 bridgehead atoms. The number of halogens is 1. The van der Waals surface area contributed by atoms with Crippen LogP contribution in [0.15, 0.2) is 48.5 Å². The number of carbonyl (C=O) groups excluding carboxylic acids is 1. The highest BCUT2D eigenvalue weighted by Gasteiger charge is 2.19. The van der Waals surface area contributed by atoms with Gasteiger partial charge in [-0.2, -0.15) is 0 Å². The average Bonchev–Trinajstić information content (AvgIpc) is 2.49. The van der Waals surface area contributed by atoms with E-state index < -0.39 is 6.10 Å². The van der Waals surface area contributed by atoms with Crippen LogP contribution in [0.1, 0.15) is 13.3 Å². The van der Waals surface area contributed by atoms with Crippen LogP contribution < -0.4 is 15.8 Å². The maximum absolute atomic E-state index is 12.2. The molecule has 2 rings (SSSR count). The zero-order valence-electron chi connectivity index (χ0n) is 11.7. The van der Waals surface area contributed by atoms with Gasteiger partial charge < -0.3 is 15.8 Å². The number of nitrogens with two attached hydrogens (primary N) is 1. The van der Waals surface area contributed by atoms with Gasteiger partial charge in [-0.1, -0.05) is 36.7 Å². The molecule has 0 aliphatic heterocycles. The molecule has 0 saturated carbocycles. The average molecular weight is 305 g/mol. The third-order valence-electron chi connectivity index (χ3n) is 2.93. The minimum absolute atomic E-state index is 0.220. The number of benzene rings is 2. The molecule has 2 aromatic carbocycles. The van der Waals surface area contributed by atoms with Crippen molar-refractivity contribution in [1.82, 2.24) is 0 Å². The lowest BCUT2D eigenvalue weighted by Gasteiger charge is -2.18. The first kappa shape index (κ1) is 15.2. The Bertz CT molecular complexity index is 617. The third-order valence-corrected chi connectivity index (χ3v) is 3.24. The van der Waals surface area contributed by atoms with E-state index in [9.17, 15) is 4.79 Å². The monoisotopic (exact) mass is 304 g/mol. The number of carbonyl (C=O) groups is 1. The first-order valence-electron chi connectivity index (χ1n) is 6.67. The maximum Gasteiger partial charge on any atom is 0.265 e. The summed E-state index contributed by atoms with van der Waals surface area (Å²) in [4.78, 5) is 12.2. The van der Waals surface area contributed by atoms with Crippen LogP contribution in [0.25, 0.3) is 0 Å². The number of hydrogen-bond acceptors (Lipinski definition) is 3. The minimum Gasteiger partial charge on any atom is -0.479 e. The van der Waals surface area contributed by atoms with Crippen molar-refractivity contribution in [2.75, 3.05) is 11.1 Å². The predicted molar refractivity (Wildman–Crippen MR) is 85.6 cm³/mol. The molecule has 0 fully saturated rings. The van der Waals surface area contributed by atoms with Gasteiger partial charge in [-0.3, -0.25) is 4.79 Å². The number of nitrogen functional groups attached to an aromatic ring is 1. The molecule has 3 N–H and O–H groups in total. The summed E-state index contributed by atoms with van der Waals surface area (Å²) in [7, 11) is 0. The van der Waals surface area contributed by atoms with E-state index in [2.05, 4.69) is 5.32 Å². The molecule has 1 atom stereocenters. The van der Waals surface area contributed by atoms with Crippen molar-refractivity contribution in [2.24, 2.45) is 0 Å². The Hall–Kier alpha value is -2.20. The Morgan fingerprint density at radius 2 is 2.00 bits per heavy atom. The molecular formula is C16H17ClN2O2. The van der Waals surface area contributed by atoms with E-state index in [1.807, 2.05) is 37.3 Å². The molecule has 1 amide bonds. The number of amides is 1. The van der Waals surface area contributed by atoms with E-state index in [1.165, 1.54) is 0 Å². The number of hydrogen-bond donors (Lipinski definition) is 2. The molecule has 1 unspecified atom stereocenters. The van der Waals surface area contributed by atoms with Crippen LogP contribution in [0.3, 0.4) is 0 Å². The molecule has 4 nitrogen and oxygen atoms in total. The van der Waals surface area contributed by atoms with Crippen LogP contribution in [-0.2, 0) is 4.79 Å². The van der Waals surface area contributed by atoms with Crippen molar-refractivity contribution >= 4 is 28.9 Å². The van der Waals surface area contributed by atoms with E-state index in [1.54, 1.807) is 18.2 Å². The summed E-state index contributed by atoms with van der Waals surface area (Å²) in [5.74, 6) is 0.189.